The third-order valence-electron chi connectivity index (χ3n) is 2.08. The largest absolute Gasteiger partial charge is 0.480 e. The van der Waals surface area contributed by atoms with E-state index in [0.29, 0.717) is 6.54 Å². The molecule has 0 aliphatic heterocycles. The molecule has 0 aliphatic carbocycles. The highest BCUT2D eigenvalue weighted by Gasteiger charge is 2.22. The molecule has 0 bridgehead atoms. The molecule has 5 heteroatoms. The Morgan fingerprint density at radius 1 is 1.67 bits per heavy atom. The summed E-state index contributed by atoms with van der Waals surface area (Å²) in [6, 6.07) is 2.08. The van der Waals surface area contributed by atoms with E-state index >= 15 is 0 Å². The Morgan fingerprint density at radius 2 is 2.33 bits per heavy atom. The minimum atomic E-state index is -0.821. The Hall–Kier alpha value is -0.390. The van der Waals surface area contributed by atoms with Gasteiger partial charge in [0.1, 0.15) is 0 Å². The summed E-state index contributed by atoms with van der Waals surface area (Å²) in [5.41, 5.74) is -0.0356. The van der Waals surface area contributed by atoms with Gasteiger partial charge < -0.3 is 10.4 Å². The number of nitrogens with one attached hydrogen (secondary N) is 1. The molecule has 0 atom stereocenters. The predicted molar refractivity (Wildman–Crippen MR) is 65.6 cm³/mol. The average molecular weight is 292 g/mol. The number of halogens is 1. The highest BCUT2D eigenvalue weighted by molar-refractivity contribution is 9.10. The Morgan fingerprint density at radius 3 is 2.80 bits per heavy atom. The van der Waals surface area contributed by atoms with Crippen LogP contribution in [0.3, 0.4) is 0 Å². The van der Waals surface area contributed by atoms with Crippen molar-refractivity contribution in [1.29, 1.82) is 0 Å². The topological polar surface area (TPSA) is 49.3 Å². The molecule has 1 heterocycles. The summed E-state index contributed by atoms with van der Waals surface area (Å²) in [5, 5.41) is 13.5. The van der Waals surface area contributed by atoms with Gasteiger partial charge >= 0.3 is 5.97 Å². The van der Waals surface area contributed by atoms with Crippen molar-refractivity contribution in [2.45, 2.75) is 19.3 Å². The van der Waals surface area contributed by atoms with E-state index in [1.54, 1.807) is 11.3 Å². The number of aliphatic carboxylic acids is 1. The van der Waals surface area contributed by atoms with Crippen molar-refractivity contribution in [3.8, 4) is 0 Å². The Balaban J connectivity index is 2.55. The SMILES string of the molecule is CC(C)(CNCC(=O)O)c1cc(Br)cs1. The van der Waals surface area contributed by atoms with E-state index in [0.717, 1.165) is 4.47 Å². The van der Waals surface area contributed by atoms with Crippen molar-refractivity contribution in [2.75, 3.05) is 13.1 Å². The lowest BCUT2D eigenvalue weighted by Gasteiger charge is -2.23. The van der Waals surface area contributed by atoms with Crippen molar-refractivity contribution in [1.82, 2.24) is 5.32 Å². The standard InChI is InChI=1S/C10H14BrNO2S/c1-10(2,6-12-4-9(13)14)8-3-7(11)5-15-8/h3,5,12H,4,6H2,1-2H3,(H,13,14). The van der Waals surface area contributed by atoms with Crippen LogP contribution in [-0.2, 0) is 10.2 Å². The fourth-order valence-corrected chi connectivity index (χ4v) is 2.79. The van der Waals surface area contributed by atoms with E-state index in [2.05, 4.69) is 41.2 Å². The quantitative estimate of drug-likeness (QED) is 0.876. The first-order valence-electron chi connectivity index (χ1n) is 4.59. The van der Waals surface area contributed by atoms with Crippen molar-refractivity contribution in [3.63, 3.8) is 0 Å². The van der Waals surface area contributed by atoms with Crippen LogP contribution in [-0.4, -0.2) is 24.2 Å². The molecule has 84 valence electrons. The molecule has 0 aliphatic rings. The van der Waals surface area contributed by atoms with Gasteiger partial charge in [-0.3, -0.25) is 4.79 Å². The first-order chi connectivity index (χ1) is 6.92. The number of hydrogen-bond acceptors (Lipinski definition) is 3. The fraction of sp³-hybridized carbons (Fsp3) is 0.500. The number of hydrogen-bond donors (Lipinski definition) is 2. The maximum Gasteiger partial charge on any atom is 0.317 e. The van der Waals surface area contributed by atoms with Crippen LogP contribution in [0.2, 0.25) is 0 Å². The molecule has 2 N–H and O–H groups in total. The van der Waals surface area contributed by atoms with Crippen LogP contribution < -0.4 is 5.32 Å². The second-order valence-electron chi connectivity index (χ2n) is 4.01. The molecule has 15 heavy (non-hydrogen) atoms. The van der Waals surface area contributed by atoms with E-state index < -0.39 is 5.97 Å². The van der Waals surface area contributed by atoms with Gasteiger partial charge in [0.2, 0.25) is 0 Å². The van der Waals surface area contributed by atoms with Crippen molar-refractivity contribution < 1.29 is 9.90 Å². The van der Waals surface area contributed by atoms with Gasteiger partial charge in [-0.25, -0.2) is 0 Å². The van der Waals surface area contributed by atoms with Gasteiger partial charge in [0.25, 0.3) is 0 Å². The van der Waals surface area contributed by atoms with Crippen LogP contribution in [0.5, 0.6) is 0 Å². The van der Waals surface area contributed by atoms with Crippen LogP contribution in [0.25, 0.3) is 0 Å². The molecule has 0 saturated heterocycles. The number of carboxylic acid groups (broad SMARTS) is 1. The number of rotatable bonds is 5. The van der Waals surface area contributed by atoms with E-state index in [-0.39, 0.29) is 12.0 Å². The summed E-state index contributed by atoms with van der Waals surface area (Å²) in [5.74, 6) is -0.821. The van der Waals surface area contributed by atoms with E-state index in [1.165, 1.54) is 4.88 Å². The molecule has 0 aromatic carbocycles. The molecule has 3 nitrogen and oxygen atoms in total. The van der Waals surface area contributed by atoms with Gasteiger partial charge in [-0.15, -0.1) is 11.3 Å². The van der Waals surface area contributed by atoms with Gasteiger partial charge in [-0.1, -0.05) is 13.8 Å². The summed E-state index contributed by atoms with van der Waals surface area (Å²) >= 11 is 5.09. The monoisotopic (exact) mass is 291 g/mol. The van der Waals surface area contributed by atoms with Crippen molar-refractivity contribution in [3.05, 3.63) is 20.8 Å². The second-order valence-corrected chi connectivity index (χ2v) is 5.84. The molecular weight excluding hydrogens is 278 g/mol. The molecule has 0 radical (unpaired) electrons. The minimum absolute atomic E-state index is 0.00990. The van der Waals surface area contributed by atoms with E-state index in [1.807, 2.05) is 5.38 Å². The highest BCUT2D eigenvalue weighted by Crippen LogP contribution is 2.30. The minimum Gasteiger partial charge on any atom is -0.480 e. The second kappa shape index (κ2) is 5.09. The van der Waals surface area contributed by atoms with Gasteiger partial charge in [0.15, 0.2) is 0 Å². The average Bonchev–Trinajstić information content (AvgIpc) is 2.51. The number of carbonyl (C=O) groups is 1. The van der Waals surface area contributed by atoms with Crippen LogP contribution in [0.1, 0.15) is 18.7 Å². The van der Waals surface area contributed by atoms with Gasteiger partial charge in [0, 0.05) is 26.7 Å². The zero-order valence-electron chi connectivity index (χ0n) is 8.71. The summed E-state index contributed by atoms with van der Waals surface area (Å²) in [6.45, 7) is 4.86. The van der Waals surface area contributed by atoms with Gasteiger partial charge in [0.05, 0.1) is 6.54 Å². The van der Waals surface area contributed by atoms with Gasteiger partial charge in [-0.05, 0) is 22.0 Å². The Bertz CT molecular complexity index is 349. The fourth-order valence-electron chi connectivity index (χ4n) is 1.24. The molecule has 1 aromatic heterocycles. The maximum atomic E-state index is 10.4. The molecule has 0 saturated carbocycles. The maximum absolute atomic E-state index is 10.4. The van der Waals surface area contributed by atoms with Crippen LogP contribution >= 0.6 is 27.3 Å². The molecule has 0 unspecified atom stereocenters. The third-order valence-corrected chi connectivity index (χ3v) is 4.13. The molecular formula is C10H14BrNO2S. The summed E-state index contributed by atoms with van der Waals surface area (Å²) in [6.07, 6.45) is 0. The Kier molecular flexibility index (Phi) is 4.31. The Labute approximate surface area is 102 Å². The zero-order chi connectivity index (χ0) is 11.5. The van der Waals surface area contributed by atoms with Crippen molar-refractivity contribution in [2.24, 2.45) is 0 Å². The first kappa shape index (κ1) is 12.7. The predicted octanol–water partition coefficient (Wildman–Crippen LogP) is 2.46. The molecule has 1 aromatic rings. The summed E-state index contributed by atoms with van der Waals surface area (Å²) < 4.78 is 1.08. The first-order valence-corrected chi connectivity index (χ1v) is 6.26. The van der Waals surface area contributed by atoms with Crippen LogP contribution in [0, 0.1) is 0 Å². The third kappa shape index (κ3) is 3.93. The number of thiophene rings is 1. The molecule has 0 fully saturated rings. The lowest BCUT2D eigenvalue weighted by molar-refractivity contribution is -0.135. The van der Waals surface area contributed by atoms with Crippen LogP contribution in [0.4, 0.5) is 0 Å². The van der Waals surface area contributed by atoms with Crippen LogP contribution in [0.15, 0.2) is 15.9 Å². The zero-order valence-corrected chi connectivity index (χ0v) is 11.1. The molecule has 0 amide bonds. The lowest BCUT2D eigenvalue weighted by atomic mass is 9.91. The normalized spacial score (nSPS) is 11.7. The number of carboxylic acids is 1. The lowest BCUT2D eigenvalue weighted by Crippen LogP contribution is -2.35. The summed E-state index contributed by atoms with van der Waals surface area (Å²) in [4.78, 5) is 11.6. The smallest absolute Gasteiger partial charge is 0.317 e. The van der Waals surface area contributed by atoms with E-state index in [4.69, 9.17) is 5.11 Å². The summed E-state index contributed by atoms with van der Waals surface area (Å²) in [7, 11) is 0. The van der Waals surface area contributed by atoms with Crippen molar-refractivity contribution >= 4 is 33.2 Å². The van der Waals surface area contributed by atoms with E-state index in [9.17, 15) is 4.79 Å². The molecule has 1 rings (SSSR count). The molecule has 0 spiro atoms. The highest BCUT2D eigenvalue weighted by atomic mass is 79.9. The van der Waals surface area contributed by atoms with Gasteiger partial charge in [-0.2, -0.15) is 0 Å².